The zero-order valence-corrected chi connectivity index (χ0v) is 18.6. The molecule has 2 heterocycles. The molecule has 32 heavy (non-hydrogen) atoms. The van der Waals surface area contributed by atoms with Crippen LogP contribution in [0, 0.1) is 12.3 Å². The van der Waals surface area contributed by atoms with Crippen molar-refractivity contribution < 1.29 is 13.9 Å². The summed E-state index contributed by atoms with van der Waals surface area (Å²) >= 11 is 0. The third-order valence-electron chi connectivity index (χ3n) is 8.07. The van der Waals surface area contributed by atoms with Crippen molar-refractivity contribution in [1.29, 1.82) is 0 Å². The molecule has 6 rings (SSSR count). The number of ether oxygens (including phenoxy) is 1. The summed E-state index contributed by atoms with van der Waals surface area (Å²) in [6.45, 7) is 1.88. The standard InChI is InChI=1S/C24H29N5O3/c1-14-27-28-20(32-14)13-29-21(30)24(26-22(29)25)19-11-16(15-3-4-15)5-6-17(19)12-23(24)9-7-18(31-2)8-10-23/h5-6,11,15,18H,3-4,7-10,12-13H2,1-2H3,(H2,25,26). The molecule has 3 aliphatic carbocycles. The Morgan fingerprint density at radius 1 is 1.22 bits per heavy atom. The molecule has 8 heteroatoms. The molecule has 1 aromatic carbocycles. The van der Waals surface area contributed by atoms with Crippen LogP contribution in [0.1, 0.15) is 72.9 Å². The Kier molecular flexibility index (Phi) is 4.28. The second-order valence-electron chi connectivity index (χ2n) is 9.87. The summed E-state index contributed by atoms with van der Waals surface area (Å²) in [6.07, 6.45) is 7.13. The van der Waals surface area contributed by atoms with E-state index in [-0.39, 0.29) is 29.9 Å². The minimum Gasteiger partial charge on any atom is -0.424 e. The summed E-state index contributed by atoms with van der Waals surface area (Å²) in [5.41, 5.74) is 8.76. The van der Waals surface area contributed by atoms with Crippen molar-refractivity contribution in [1.82, 2.24) is 15.1 Å². The monoisotopic (exact) mass is 435 g/mol. The van der Waals surface area contributed by atoms with Crippen molar-refractivity contribution in [2.45, 2.75) is 76.0 Å². The van der Waals surface area contributed by atoms with Gasteiger partial charge in [-0.2, -0.15) is 0 Å². The maximum Gasteiger partial charge on any atom is 0.263 e. The van der Waals surface area contributed by atoms with Crippen LogP contribution in [-0.2, 0) is 28.0 Å². The van der Waals surface area contributed by atoms with E-state index in [1.807, 2.05) is 0 Å². The molecule has 1 aromatic heterocycles. The molecule has 168 valence electrons. The smallest absolute Gasteiger partial charge is 0.263 e. The molecule has 2 N–H and O–H groups in total. The Labute approximate surface area is 187 Å². The van der Waals surface area contributed by atoms with Crippen LogP contribution in [0.4, 0.5) is 0 Å². The van der Waals surface area contributed by atoms with Gasteiger partial charge in [-0.15, -0.1) is 10.2 Å². The average molecular weight is 436 g/mol. The number of aromatic nitrogens is 2. The summed E-state index contributed by atoms with van der Waals surface area (Å²) in [7, 11) is 1.77. The minimum atomic E-state index is -0.981. The molecular formula is C24H29N5O3. The number of nitrogens with two attached hydrogens (primary N) is 1. The van der Waals surface area contributed by atoms with E-state index in [1.165, 1.54) is 28.9 Å². The number of carbonyl (C=O) groups excluding carboxylic acids is 1. The van der Waals surface area contributed by atoms with Gasteiger partial charge in [0.1, 0.15) is 6.54 Å². The van der Waals surface area contributed by atoms with Gasteiger partial charge in [0.2, 0.25) is 11.8 Å². The van der Waals surface area contributed by atoms with E-state index in [9.17, 15) is 4.79 Å². The van der Waals surface area contributed by atoms with Crippen LogP contribution in [0.5, 0.6) is 0 Å². The Balaban J connectivity index is 1.45. The molecule has 4 aliphatic rings. The van der Waals surface area contributed by atoms with Crippen LogP contribution in [-0.4, -0.2) is 40.2 Å². The Morgan fingerprint density at radius 3 is 2.66 bits per heavy atom. The van der Waals surface area contributed by atoms with Gasteiger partial charge in [-0.25, -0.2) is 4.99 Å². The van der Waals surface area contributed by atoms with Crippen molar-refractivity contribution in [3.63, 3.8) is 0 Å². The Hall–Kier alpha value is -2.74. The lowest BCUT2D eigenvalue weighted by molar-refractivity contribution is -0.138. The molecule has 2 aromatic rings. The predicted molar refractivity (Wildman–Crippen MR) is 117 cm³/mol. The normalized spacial score (nSPS) is 31.6. The molecule has 0 saturated heterocycles. The molecule has 2 spiro atoms. The number of carbonyl (C=O) groups is 1. The first kappa shape index (κ1) is 19.9. The van der Waals surface area contributed by atoms with E-state index in [1.54, 1.807) is 14.0 Å². The number of fused-ring (bicyclic) bond motifs is 3. The van der Waals surface area contributed by atoms with Gasteiger partial charge in [0.15, 0.2) is 11.5 Å². The van der Waals surface area contributed by atoms with Gasteiger partial charge in [-0.3, -0.25) is 9.69 Å². The summed E-state index contributed by atoms with van der Waals surface area (Å²) in [4.78, 5) is 20.8. The van der Waals surface area contributed by atoms with E-state index in [2.05, 4.69) is 28.4 Å². The minimum absolute atomic E-state index is 0.0617. The van der Waals surface area contributed by atoms with Crippen molar-refractivity contribution in [3.8, 4) is 0 Å². The summed E-state index contributed by atoms with van der Waals surface area (Å²) < 4.78 is 11.2. The third-order valence-corrected chi connectivity index (χ3v) is 8.07. The second kappa shape index (κ2) is 6.88. The highest BCUT2D eigenvalue weighted by Gasteiger charge is 2.66. The SMILES string of the molecule is COC1CCC2(CC1)Cc1ccc(C3CC3)cc1C21N=C(N)N(Cc2nnc(C)o2)C1=O. The van der Waals surface area contributed by atoms with Crippen LogP contribution < -0.4 is 5.73 Å². The number of nitrogens with zero attached hydrogens (tertiary/aromatic N) is 4. The largest absolute Gasteiger partial charge is 0.424 e. The molecule has 1 atom stereocenters. The molecular weight excluding hydrogens is 406 g/mol. The molecule has 1 aliphatic heterocycles. The van der Waals surface area contributed by atoms with Crippen LogP contribution in [0.15, 0.2) is 27.6 Å². The number of hydrogen-bond donors (Lipinski definition) is 1. The first-order chi connectivity index (χ1) is 15.5. The lowest BCUT2D eigenvalue weighted by Gasteiger charge is -2.45. The van der Waals surface area contributed by atoms with Gasteiger partial charge in [0.25, 0.3) is 5.91 Å². The zero-order chi connectivity index (χ0) is 22.1. The topological polar surface area (TPSA) is 107 Å². The first-order valence-electron chi connectivity index (χ1n) is 11.6. The van der Waals surface area contributed by atoms with E-state index in [4.69, 9.17) is 19.9 Å². The third kappa shape index (κ3) is 2.71. The molecule has 8 nitrogen and oxygen atoms in total. The number of aryl methyl sites for hydroxylation is 1. The number of methoxy groups -OCH3 is 1. The zero-order valence-electron chi connectivity index (χ0n) is 18.6. The predicted octanol–water partition coefficient (Wildman–Crippen LogP) is 2.94. The number of hydrogen-bond acceptors (Lipinski definition) is 7. The first-order valence-corrected chi connectivity index (χ1v) is 11.6. The number of rotatable bonds is 4. The van der Waals surface area contributed by atoms with Gasteiger partial charge in [0, 0.05) is 19.4 Å². The molecule has 2 fully saturated rings. The van der Waals surface area contributed by atoms with Crippen molar-refractivity contribution in [2.24, 2.45) is 16.1 Å². The van der Waals surface area contributed by atoms with Crippen LogP contribution in [0.25, 0.3) is 0 Å². The van der Waals surface area contributed by atoms with Crippen molar-refractivity contribution in [2.75, 3.05) is 7.11 Å². The lowest BCUT2D eigenvalue weighted by Crippen LogP contribution is -2.52. The summed E-state index contributed by atoms with van der Waals surface area (Å²) in [5, 5.41) is 7.96. The number of benzene rings is 1. The Morgan fingerprint density at radius 2 is 2.00 bits per heavy atom. The average Bonchev–Trinajstić information content (AvgIpc) is 3.45. The maximum atomic E-state index is 14.2. The van der Waals surface area contributed by atoms with E-state index in [0.717, 1.165) is 37.7 Å². The number of amides is 1. The fourth-order valence-electron chi connectivity index (χ4n) is 6.24. The van der Waals surface area contributed by atoms with E-state index < -0.39 is 5.54 Å². The van der Waals surface area contributed by atoms with Gasteiger partial charge in [-0.05, 0) is 67.6 Å². The molecule has 0 radical (unpaired) electrons. The van der Waals surface area contributed by atoms with Crippen molar-refractivity contribution >= 4 is 11.9 Å². The van der Waals surface area contributed by atoms with E-state index >= 15 is 0 Å². The Bertz CT molecular complexity index is 1110. The summed E-state index contributed by atoms with van der Waals surface area (Å²) in [5.74, 6) is 1.62. The van der Waals surface area contributed by atoms with Crippen LogP contribution >= 0.6 is 0 Å². The second-order valence-corrected chi connectivity index (χ2v) is 9.87. The lowest BCUT2D eigenvalue weighted by atomic mass is 9.61. The van der Waals surface area contributed by atoms with Crippen molar-refractivity contribution in [3.05, 3.63) is 46.7 Å². The summed E-state index contributed by atoms with van der Waals surface area (Å²) in [6, 6.07) is 6.72. The van der Waals surface area contributed by atoms with E-state index in [0.29, 0.717) is 17.7 Å². The fraction of sp³-hybridized carbons (Fsp3) is 0.583. The van der Waals surface area contributed by atoms with Crippen LogP contribution in [0.2, 0.25) is 0 Å². The van der Waals surface area contributed by atoms with Gasteiger partial charge in [0.05, 0.1) is 6.10 Å². The fourth-order valence-corrected chi connectivity index (χ4v) is 6.24. The number of aliphatic imine (C=N–C) groups is 1. The molecule has 2 saturated carbocycles. The van der Waals surface area contributed by atoms with Gasteiger partial charge < -0.3 is 14.9 Å². The molecule has 0 bridgehead atoms. The highest BCUT2D eigenvalue weighted by atomic mass is 16.5. The van der Waals surface area contributed by atoms with Gasteiger partial charge >= 0.3 is 0 Å². The number of guanidine groups is 1. The highest BCUT2D eigenvalue weighted by Crippen LogP contribution is 2.62. The highest BCUT2D eigenvalue weighted by molar-refractivity contribution is 6.08. The maximum absolute atomic E-state index is 14.2. The molecule has 1 amide bonds. The van der Waals surface area contributed by atoms with Crippen LogP contribution in [0.3, 0.4) is 0 Å². The van der Waals surface area contributed by atoms with Gasteiger partial charge in [-0.1, -0.05) is 18.2 Å². The molecule has 1 unspecified atom stereocenters. The quantitative estimate of drug-likeness (QED) is 0.791.